The minimum absolute atomic E-state index is 0.000811. The van der Waals surface area contributed by atoms with Crippen molar-refractivity contribution in [3.63, 3.8) is 0 Å². The lowest BCUT2D eigenvalue weighted by Crippen LogP contribution is -2.48. The lowest BCUT2D eigenvalue weighted by atomic mass is 10.1. The molecule has 1 aliphatic carbocycles. The molecule has 8 nitrogen and oxygen atoms in total. The van der Waals surface area contributed by atoms with E-state index in [-0.39, 0.29) is 17.9 Å². The molecule has 2 N–H and O–H groups in total. The first-order valence-electron chi connectivity index (χ1n) is 9.08. The quantitative estimate of drug-likeness (QED) is 0.438. The highest BCUT2D eigenvalue weighted by Gasteiger charge is 2.29. The molecule has 1 aliphatic heterocycles. The van der Waals surface area contributed by atoms with Crippen molar-refractivity contribution in [1.82, 2.24) is 25.3 Å². The standard InChI is InChI=1S/C17H28N6O2/c1-3-18-17(20-7-6-19-16(24)13-4-5-13)23-8-9-25-15(12-23)14-10-21-22(2)11-14/h10-11,13,15H,3-9,12H2,1-2H3,(H,18,20)(H,19,24). The predicted octanol–water partition coefficient (Wildman–Crippen LogP) is 0.285. The van der Waals surface area contributed by atoms with Crippen molar-refractivity contribution in [2.24, 2.45) is 18.0 Å². The van der Waals surface area contributed by atoms with Gasteiger partial charge in [0, 0.05) is 44.4 Å². The van der Waals surface area contributed by atoms with E-state index in [1.807, 2.05) is 19.4 Å². The highest BCUT2D eigenvalue weighted by Crippen LogP contribution is 2.28. The van der Waals surface area contributed by atoms with E-state index >= 15 is 0 Å². The Labute approximate surface area is 148 Å². The Kier molecular flexibility index (Phi) is 5.91. The number of nitrogens with one attached hydrogen (secondary N) is 2. The first kappa shape index (κ1) is 17.7. The fraction of sp³-hybridized carbons (Fsp3) is 0.706. The molecular weight excluding hydrogens is 320 g/mol. The SMILES string of the molecule is CCNC(=NCCNC(=O)C1CC1)N1CCOC(c2cnn(C)c2)C1. The van der Waals surface area contributed by atoms with Crippen LogP contribution in [0.1, 0.15) is 31.4 Å². The normalized spacial score (nSPS) is 21.3. The minimum Gasteiger partial charge on any atom is -0.370 e. The third-order valence-electron chi connectivity index (χ3n) is 4.42. The number of nitrogens with zero attached hydrogens (tertiary/aromatic N) is 4. The summed E-state index contributed by atoms with van der Waals surface area (Å²) in [5, 5.41) is 10.5. The zero-order valence-electron chi connectivity index (χ0n) is 15.1. The second-order valence-corrected chi connectivity index (χ2v) is 6.55. The molecule has 0 bridgehead atoms. The van der Waals surface area contributed by atoms with Crippen molar-refractivity contribution in [3.05, 3.63) is 18.0 Å². The Morgan fingerprint density at radius 1 is 1.44 bits per heavy atom. The number of aromatic nitrogens is 2. The van der Waals surface area contributed by atoms with E-state index in [1.165, 1.54) is 0 Å². The fourth-order valence-corrected chi connectivity index (χ4v) is 2.91. The molecular formula is C17H28N6O2. The van der Waals surface area contributed by atoms with Crippen molar-refractivity contribution in [2.45, 2.75) is 25.9 Å². The molecule has 1 unspecified atom stereocenters. The molecule has 1 saturated heterocycles. The first-order valence-corrected chi connectivity index (χ1v) is 9.08. The Morgan fingerprint density at radius 2 is 2.28 bits per heavy atom. The van der Waals surface area contributed by atoms with E-state index in [0.717, 1.165) is 44.0 Å². The van der Waals surface area contributed by atoms with Crippen molar-refractivity contribution in [2.75, 3.05) is 39.3 Å². The number of aliphatic imine (C=N–C) groups is 1. The molecule has 0 radical (unpaired) electrons. The van der Waals surface area contributed by atoms with Crippen LogP contribution in [0.3, 0.4) is 0 Å². The molecule has 2 fully saturated rings. The van der Waals surface area contributed by atoms with E-state index in [9.17, 15) is 4.79 Å². The summed E-state index contributed by atoms with van der Waals surface area (Å²) in [7, 11) is 1.91. The van der Waals surface area contributed by atoms with Gasteiger partial charge in [-0.2, -0.15) is 5.10 Å². The highest BCUT2D eigenvalue weighted by molar-refractivity contribution is 5.81. The fourth-order valence-electron chi connectivity index (χ4n) is 2.91. The Hall–Kier alpha value is -2.09. The summed E-state index contributed by atoms with van der Waals surface area (Å²) in [6.07, 6.45) is 5.90. The number of carbonyl (C=O) groups is 1. The summed E-state index contributed by atoms with van der Waals surface area (Å²) in [5.41, 5.74) is 1.08. The molecule has 8 heteroatoms. The summed E-state index contributed by atoms with van der Waals surface area (Å²) in [6, 6.07) is 0. The molecule has 0 spiro atoms. The average molecular weight is 348 g/mol. The Morgan fingerprint density at radius 3 is 2.96 bits per heavy atom. The van der Waals surface area contributed by atoms with Crippen LogP contribution in [-0.4, -0.2) is 65.9 Å². The molecule has 2 heterocycles. The number of hydrogen-bond donors (Lipinski definition) is 2. The number of amides is 1. The summed E-state index contributed by atoms with van der Waals surface area (Å²) < 4.78 is 7.68. The van der Waals surface area contributed by atoms with Gasteiger partial charge in [-0.1, -0.05) is 0 Å². The number of hydrogen-bond acceptors (Lipinski definition) is 4. The zero-order chi connectivity index (χ0) is 17.6. The van der Waals surface area contributed by atoms with E-state index in [2.05, 4.69) is 32.5 Å². The second kappa shape index (κ2) is 8.33. The monoisotopic (exact) mass is 348 g/mol. The number of carbonyl (C=O) groups excluding carboxylic acids is 1. The van der Waals surface area contributed by atoms with Crippen LogP contribution < -0.4 is 10.6 Å². The van der Waals surface area contributed by atoms with Gasteiger partial charge in [0.05, 0.1) is 25.9 Å². The molecule has 25 heavy (non-hydrogen) atoms. The lowest BCUT2D eigenvalue weighted by molar-refractivity contribution is -0.122. The van der Waals surface area contributed by atoms with Crippen molar-refractivity contribution < 1.29 is 9.53 Å². The van der Waals surface area contributed by atoms with Gasteiger partial charge in [-0.15, -0.1) is 0 Å². The average Bonchev–Trinajstić information content (AvgIpc) is 3.39. The topological polar surface area (TPSA) is 83.8 Å². The third-order valence-corrected chi connectivity index (χ3v) is 4.42. The van der Waals surface area contributed by atoms with Crippen LogP contribution in [0, 0.1) is 5.92 Å². The van der Waals surface area contributed by atoms with Crippen LogP contribution in [0.5, 0.6) is 0 Å². The van der Waals surface area contributed by atoms with Gasteiger partial charge in [0.25, 0.3) is 0 Å². The summed E-state index contributed by atoms with van der Waals surface area (Å²) in [6.45, 7) is 6.23. The largest absolute Gasteiger partial charge is 0.370 e. The van der Waals surface area contributed by atoms with E-state index < -0.39 is 0 Å². The van der Waals surface area contributed by atoms with Gasteiger partial charge >= 0.3 is 0 Å². The number of guanidine groups is 1. The van der Waals surface area contributed by atoms with Crippen molar-refractivity contribution in [3.8, 4) is 0 Å². The van der Waals surface area contributed by atoms with Crippen molar-refractivity contribution >= 4 is 11.9 Å². The maximum atomic E-state index is 11.7. The van der Waals surface area contributed by atoms with E-state index in [4.69, 9.17) is 4.74 Å². The molecule has 3 rings (SSSR count). The highest BCUT2D eigenvalue weighted by atomic mass is 16.5. The number of ether oxygens (including phenoxy) is 1. The summed E-state index contributed by atoms with van der Waals surface area (Å²) in [4.78, 5) is 18.5. The smallest absolute Gasteiger partial charge is 0.223 e. The summed E-state index contributed by atoms with van der Waals surface area (Å²) >= 11 is 0. The van der Waals surface area contributed by atoms with Gasteiger partial charge < -0.3 is 20.3 Å². The van der Waals surface area contributed by atoms with E-state index in [0.29, 0.717) is 19.7 Å². The number of morpholine rings is 1. The molecule has 138 valence electrons. The minimum atomic E-state index is 0.000811. The van der Waals surface area contributed by atoms with Crippen LogP contribution >= 0.6 is 0 Å². The van der Waals surface area contributed by atoms with Crippen LogP contribution in [0.15, 0.2) is 17.4 Å². The molecule has 0 aromatic carbocycles. The Balaban J connectivity index is 1.54. The second-order valence-electron chi connectivity index (χ2n) is 6.55. The Bertz CT molecular complexity index is 610. The summed E-state index contributed by atoms with van der Waals surface area (Å²) in [5.74, 6) is 1.29. The molecule has 1 amide bonds. The lowest BCUT2D eigenvalue weighted by Gasteiger charge is -2.34. The van der Waals surface area contributed by atoms with Crippen molar-refractivity contribution in [1.29, 1.82) is 0 Å². The first-order chi connectivity index (χ1) is 12.2. The van der Waals surface area contributed by atoms with Gasteiger partial charge in [0.1, 0.15) is 6.10 Å². The third kappa shape index (κ3) is 4.94. The maximum Gasteiger partial charge on any atom is 0.223 e. The van der Waals surface area contributed by atoms with Gasteiger partial charge in [0.2, 0.25) is 5.91 Å². The van der Waals surface area contributed by atoms with Gasteiger partial charge in [-0.25, -0.2) is 0 Å². The van der Waals surface area contributed by atoms with Crippen LogP contribution in [-0.2, 0) is 16.6 Å². The molecule has 1 aromatic rings. The molecule has 1 saturated carbocycles. The maximum absolute atomic E-state index is 11.7. The number of rotatable bonds is 6. The van der Waals surface area contributed by atoms with Gasteiger partial charge in [-0.3, -0.25) is 14.5 Å². The predicted molar refractivity (Wildman–Crippen MR) is 95.2 cm³/mol. The molecule has 1 aromatic heterocycles. The number of aryl methyl sites for hydroxylation is 1. The van der Waals surface area contributed by atoms with Crippen LogP contribution in [0.25, 0.3) is 0 Å². The molecule has 1 atom stereocenters. The van der Waals surface area contributed by atoms with Gasteiger partial charge in [-0.05, 0) is 19.8 Å². The van der Waals surface area contributed by atoms with Crippen LogP contribution in [0.2, 0.25) is 0 Å². The van der Waals surface area contributed by atoms with Gasteiger partial charge in [0.15, 0.2) is 5.96 Å². The van der Waals surface area contributed by atoms with Crippen LogP contribution in [0.4, 0.5) is 0 Å². The molecule has 2 aliphatic rings. The van der Waals surface area contributed by atoms with E-state index in [1.54, 1.807) is 4.68 Å². The zero-order valence-corrected chi connectivity index (χ0v) is 15.1.